The van der Waals surface area contributed by atoms with Crippen molar-refractivity contribution >= 4 is 33.8 Å². The summed E-state index contributed by atoms with van der Waals surface area (Å²) in [7, 11) is 1.54. The van der Waals surface area contributed by atoms with Crippen molar-refractivity contribution in [3.63, 3.8) is 0 Å². The summed E-state index contributed by atoms with van der Waals surface area (Å²) < 4.78 is 21.8. The van der Waals surface area contributed by atoms with Crippen molar-refractivity contribution in [3.8, 4) is 5.75 Å². The number of hydrazone groups is 1. The zero-order valence-corrected chi connectivity index (χ0v) is 19.5. The lowest BCUT2D eigenvalue weighted by atomic mass is 10.1. The summed E-state index contributed by atoms with van der Waals surface area (Å²) in [4.78, 5) is 12.9. The Morgan fingerprint density at radius 1 is 1.00 bits per heavy atom. The van der Waals surface area contributed by atoms with Gasteiger partial charge in [0.25, 0.3) is 5.91 Å². The van der Waals surface area contributed by atoms with Gasteiger partial charge in [-0.3, -0.25) is 4.79 Å². The maximum absolute atomic E-state index is 14.3. The van der Waals surface area contributed by atoms with E-state index in [-0.39, 0.29) is 11.7 Å². The van der Waals surface area contributed by atoms with E-state index in [9.17, 15) is 9.18 Å². The molecule has 0 bridgehead atoms. The number of ether oxygens (including phenoxy) is 1. The molecule has 5 rings (SSSR count). The van der Waals surface area contributed by atoms with E-state index < -0.39 is 0 Å². The second kappa shape index (κ2) is 9.43. The van der Waals surface area contributed by atoms with E-state index in [0.29, 0.717) is 23.4 Å². The number of nitrogens with zero attached hydrogens (tertiary/aromatic N) is 2. The fourth-order valence-corrected chi connectivity index (χ4v) is 4.40. The Morgan fingerprint density at radius 2 is 1.69 bits per heavy atom. The van der Waals surface area contributed by atoms with Crippen LogP contribution in [0.2, 0.25) is 0 Å². The van der Waals surface area contributed by atoms with Crippen LogP contribution in [0.4, 0.5) is 4.39 Å². The molecule has 0 saturated carbocycles. The molecular formula is C29H24FN3O2. The van der Waals surface area contributed by atoms with Crippen LogP contribution in [-0.2, 0) is 6.54 Å². The number of nitrogens with one attached hydrogen (secondary N) is 1. The molecule has 1 heterocycles. The lowest BCUT2D eigenvalue weighted by Gasteiger charge is -2.10. The normalized spacial score (nSPS) is 11.4. The van der Waals surface area contributed by atoms with Gasteiger partial charge in [-0.2, -0.15) is 5.10 Å². The predicted octanol–water partition coefficient (Wildman–Crippen LogP) is 6.06. The van der Waals surface area contributed by atoms with Gasteiger partial charge in [-0.25, -0.2) is 9.82 Å². The number of aromatic nitrogens is 1. The monoisotopic (exact) mass is 465 g/mol. The predicted molar refractivity (Wildman–Crippen MR) is 138 cm³/mol. The zero-order chi connectivity index (χ0) is 24.4. The molecule has 0 spiro atoms. The first kappa shape index (κ1) is 22.3. The molecule has 5 nitrogen and oxygen atoms in total. The number of hydrogen-bond donors (Lipinski definition) is 1. The molecule has 0 saturated heterocycles. The summed E-state index contributed by atoms with van der Waals surface area (Å²) in [6.45, 7) is 2.36. The van der Waals surface area contributed by atoms with Crippen LogP contribution < -0.4 is 10.2 Å². The minimum Gasteiger partial charge on any atom is -0.496 e. The molecule has 35 heavy (non-hydrogen) atoms. The Labute approximate surface area is 202 Å². The minimum atomic E-state index is -0.364. The molecule has 0 aliphatic heterocycles. The molecule has 0 aliphatic carbocycles. The third-order valence-corrected chi connectivity index (χ3v) is 6.24. The summed E-state index contributed by atoms with van der Waals surface area (Å²) in [5.74, 6) is -0.123. The maximum atomic E-state index is 14.3. The molecule has 5 aromatic rings. The fourth-order valence-electron chi connectivity index (χ4n) is 4.40. The number of amides is 1. The number of benzene rings is 4. The van der Waals surface area contributed by atoms with E-state index in [4.69, 9.17) is 4.74 Å². The molecule has 6 heteroatoms. The van der Waals surface area contributed by atoms with Crippen molar-refractivity contribution in [2.45, 2.75) is 13.5 Å². The molecule has 0 radical (unpaired) electrons. The van der Waals surface area contributed by atoms with Crippen molar-refractivity contribution in [2.24, 2.45) is 5.10 Å². The summed E-state index contributed by atoms with van der Waals surface area (Å²) in [5, 5.41) is 7.16. The van der Waals surface area contributed by atoms with Crippen LogP contribution in [0.1, 0.15) is 27.2 Å². The maximum Gasteiger partial charge on any atom is 0.275 e. The van der Waals surface area contributed by atoms with Gasteiger partial charge in [-0.1, -0.05) is 60.7 Å². The van der Waals surface area contributed by atoms with Crippen molar-refractivity contribution in [1.82, 2.24) is 9.99 Å². The number of carbonyl (C=O) groups is 1. The highest BCUT2D eigenvalue weighted by molar-refractivity contribution is 6.04. The molecule has 1 aromatic heterocycles. The van der Waals surface area contributed by atoms with Crippen LogP contribution in [0.15, 0.2) is 90.0 Å². The van der Waals surface area contributed by atoms with Gasteiger partial charge in [0.15, 0.2) is 0 Å². The molecule has 0 atom stereocenters. The van der Waals surface area contributed by atoms with Gasteiger partial charge in [0, 0.05) is 27.7 Å². The largest absolute Gasteiger partial charge is 0.496 e. The van der Waals surface area contributed by atoms with Crippen LogP contribution in [0.3, 0.4) is 0 Å². The highest BCUT2D eigenvalue weighted by Crippen LogP contribution is 2.27. The third kappa shape index (κ3) is 4.26. The first-order valence-corrected chi connectivity index (χ1v) is 11.3. The van der Waals surface area contributed by atoms with Crippen LogP contribution in [-0.4, -0.2) is 23.8 Å². The summed E-state index contributed by atoms with van der Waals surface area (Å²) in [5.41, 5.74) is 6.40. The number of halogens is 1. The highest BCUT2D eigenvalue weighted by Gasteiger charge is 2.16. The van der Waals surface area contributed by atoms with E-state index in [1.807, 2.05) is 67.6 Å². The van der Waals surface area contributed by atoms with E-state index in [1.165, 1.54) is 13.2 Å². The van der Waals surface area contributed by atoms with E-state index in [2.05, 4.69) is 15.1 Å². The van der Waals surface area contributed by atoms with Gasteiger partial charge in [0.05, 0.1) is 25.4 Å². The Kier molecular flexibility index (Phi) is 6.02. The second-order valence-corrected chi connectivity index (χ2v) is 8.29. The van der Waals surface area contributed by atoms with Crippen molar-refractivity contribution in [1.29, 1.82) is 0 Å². The average Bonchev–Trinajstić information content (AvgIpc) is 3.15. The lowest BCUT2D eigenvalue weighted by molar-refractivity contribution is 0.0952. The number of carbonyl (C=O) groups excluding carboxylic acids is 1. The Bertz CT molecular complexity index is 1590. The molecule has 0 unspecified atom stereocenters. The van der Waals surface area contributed by atoms with Gasteiger partial charge < -0.3 is 9.30 Å². The quantitative estimate of drug-likeness (QED) is 0.245. The van der Waals surface area contributed by atoms with Gasteiger partial charge >= 0.3 is 0 Å². The average molecular weight is 466 g/mol. The van der Waals surface area contributed by atoms with Crippen LogP contribution in [0.25, 0.3) is 21.7 Å². The Morgan fingerprint density at radius 3 is 2.46 bits per heavy atom. The van der Waals surface area contributed by atoms with Crippen LogP contribution in [0, 0.1) is 12.7 Å². The molecular weight excluding hydrogens is 441 g/mol. The number of fused-ring (bicyclic) bond motifs is 2. The van der Waals surface area contributed by atoms with Gasteiger partial charge in [-0.15, -0.1) is 0 Å². The smallest absolute Gasteiger partial charge is 0.275 e. The highest BCUT2D eigenvalue weighted by atomic mass is 19.1. The van der Waals surface area contributed by atoms with Crippen molar-refractivity contribution in [3.05, 3.63) is 113 Å². The Balaban J connectivity index is 1.45. The van der Waals surface area contributed by atoms with E-state index in [0.717, 1.165) is 32.9 Å². The van der Waals surface area contributed by atoms with E-state index >= 15 is 0 Å². The number of hydrogen-bond acceptors (Lipinski definition) is 3. The SMILES string of the molecule is COc1cc2ccccc2cc1C(=O)NN=Cc1c(C)n(Cc2ccccc2F)c2ccccc12. The number of para-hydroxylation sites is 1. The molecule has 1 N–H and O–H groups in total. The zero-order valence-electron chi connectivity index (χ0n) is 19.5. The minimum absolute atomic E-state index is 0.239. The van der Waals surface area contributed by atoms with Crippen LogP contribution in [0.5, 0.6) is 5.75 Å². The van der Waals surface area contributed by atoms with Crippen molar-refractivity contribution in [2.75, 3.05) is 7.11 Å². The second-order valence-electron chi connectivity index (χ2n) is 8.29. The van der Waals surface area contributed by atoms with Gasteiger partial charge in [-0.05, 0) is 42.0 Å². The number of rotatable bonds is 6. The summed E-state index contributed by atoms with van der Waals surface area (Å²) >= 11 is 0. The number of methoxy groups -OCH3 is 1. The molecule has 174 valence electrons. The van der Waals surface area contributed by atoms with Gasteiger partial charge in [0.2, 0.25) is 0 Å². The first-order valence-electron chi connectivity index (χ1n) is 11.3. The lowest BCUT2D eigenvalue weighted by Crippen LogP contribution is -2.18. The molecule has 1 amide bonds. The topological polar surface area (TPSA) is 55.6 Å². The molecule has 0 fully saturated rings. The summed E-state index contributed by atoms with van der Waals surface area (Å²) in [6.07, 6.45) is 1.64. The molecule has 4 aromatic carbocycles. The van der Waals surface area contributed by atoms with Gasteiger partial charge in [0.1, 0.15) is 11.6 Å². The Hall–Kier alpha value is -4.45. The van der Waals surface area contributed by atoms with Crippen LogP contribution >= 0.6 is 0 Å². The third-order valence-electron chi connectivity index (χ3n) is 6.24. The first-order chi connectivity index (χ1) is 17.1. The van der Waals surface area contributed by atoms with E-state index in [1.54, 1.807) is 24.4 Å². The van der Waals surface area contributed by atoms with Crippen molar-refractivity contribution < 1.29 is 13.9 Å². The fraction of sp³-hybridized carbons (Fsp3) is 0.103. The summed E-state index contributed by atoms with van der Waals surface area (Å²) in [6, 6.07) is 26.1. The molecule has 0 aliphatic rings. The standard InChI is InChI=1S/C29H24FN3O2/c1-19-25(23-12-6-8-14-27(23)33(19)18-22-11-5-7-13-26(22)30)17-31-32-29(34)24-15-20-9-3-4-10-21(20)16-28(24)35-2/h3-17H,18H2,1-2H3,(H,32,34).